The zero-order chi connectivity index (χ0) is 22.3. The molecule has 0 saturated carbocycles. The van der Waals surface area contributed by atoms with E-state index >= 15 is 0 Å². The second-order valence-corrected chi connectivity index (χ2v) is 9.49. The summed E-state index contributed by atoms with van der Waals surface area (Å²) in [7, 11) is -3.59. The van der Waals surface area contributed by atoms with E-state index in [1.807, 2.05) is 32.0 Å². The van der Waals surface area contributed by atoms with Gasteiger partial charge in [-0.3, -0.25) is 4.79 Å². The number of nitrogens with zero attached hydrogens (tertiary/aromatic N) is 1. The number of hydrogen-bond donors (Lipinski definition) is 3. The van der Waals surface area contributed by atoms with Crippen molar-refractivity contribution in [2.45, 2.75) is 32.6 Å². The number of halogens is 1. The molecule has 0 bridgehead atoms. The number of amides is 1. The summed E-state index contributed by atoms with van der Waals surface area (Å²) in [5.74, 6) is -0.231. The van der Waals surface area contributed by atoms with Gasteiger partial charge in [0.25, 0.3) is 0 Å². The Hall–Kier alpha value is -2.10. The van der Waals surface area contributed by atoms with Crippen LogP contribution >= 0.6 is 15.9 Å². The van der Waals surface area contributed by atoms with Gasteiger partial charge in [0.1, 0.15) is 0 Å². The highest BCUT2D eigenvalue weighted by Gasteiger charge is 2.22. The van der Waals surface area contributed by atoms with Crippen molar-refractivity contribution in [2.24, 2.45) is 0 Å². The van der Waals surface area contributed by atoms with Crippen molar-refractivity contribution < 1.29 is 13.2 Å². The average Bonchev–Trinajstić information content (AvgIpc) is 2.71. The summed E-state index contributed by atoms with van der Waals surface area (Å²) >= 11 is 3.45. The third kappa shape index (κ3) is 5.96. The summed E-state index contributed by atoms with van der Waals surface area (Å²) in [4.78, 5) is 12.6. The Morgan fingerprint density at radius 1 is 1.00 bits per heavy atom. The smallest absolute Gasteiger partial charge is 0.243 e. The predicted molar refractivity (Wildman–Crippen MR) is 127 cm³/mol. The molecule has 0 saturated heterocycles. The largest absolute Gasteiger partial charge is 0.384 e. The van der Waals surface area contributed by atoms with E-state index in [1.165, 1.54) is 4.31 Å². The lowest BCUT2D eigenvalue weighted by Gasteiger charge is -2.20. The highest BCUT2D eigenvalue weighted by atomic mass is 79.9. The molecule has 2 aromatic rings. The molecular weight excluding hydrogens is 468 g/mol. The summed E-state index contributed by atoms with van der Waals surface area (Å²) in [6.45, 7) is 8.99. The zero-order valence-corrected chi connectivity index (χ0v) is 20.2. The molecule has 7 nitrogen and oxygen atoms in total. The van der Waals surface area contributed by atoms with E-state index in [0.717, 1.165) is 15.7 Å². The lowest BCUT2D eigenvalue weighted by Crippen LogP contribution is -2.30. The predicted octanol–water partition coefficient (Wildman–Crippen LogP) is 4.27. The molecule has 0 fully saturated rings. The van der Waals surface area contributed by atoms with Gasteiger partial charge in [-0.05, 0) is 49.7 Å². The van der Waals surface area contributed by atoms with Crippen LogP contribution in [0.15, 0.2) is 45.8 Å². The summed E-state index contributed by atoms with van der Waals surface area (Å²) < 4.78 is 28.0. The highest BCUT2D eigenvalue weighted by Crippen LogP contribution is 2.27. The maximum Gasteiger partial charge on any atom is 0.243 e. The lowest BCUT2D eigenvalue weighted by atomic mass is 10.2. The van der Waals surface area contributed by atoms with E-state index in [-0.39, 0.29) is 17.3 Å². The van der Waals surface area contributed by atoms with Crippen LogP contribution in [0.3, 0.4) is 0 Å². The van der Waals surface area contributed by atoms with Gasteiger partial charge in [-0.1, -0.05) is 35.8 Å². The number of anilines is 3. The summed E-state index contributed by atoms with van der Waals surface area (Å²) in [6.07, 6.45) is 0. The third-order valence-corrected chi connectivity index (χ3v) is 7.50. The molecule has 30 heavy (non-hydrogen) atoms. The molecule has 3 N–H and O–H groups in total. The van der Waals surface area contributed by atoms with Gasteiger partial charge in [-0.25, -0.2) is 8.42 Å². The van der Waals surface area contributed by atoms with Crippen molar-refractivity contribution in [3.05, 3.63) is 46.4 Å². The number of nitrogens with one attached hydrogen (secondary N) is 3. The molecule has 0 aliphatic carbocycles. The van der Waals surface area contributed by atoms with Crippen LogP contribution in [0.1, 0.15) is 26.3 Å². The standard InChI is InChI=1S/C21H29BrN4O3S/c1-5-23-19-11-10-17(30(28,29)26(6-2)7-3)13-20(19)24-14-21(27)25-16-9-8-15(4)18(22)12-16/h8-13,23-24H,5-7,14H2,1-4H3,(H,25,27). The fourth-order valence-corrected chi connectivity index (χ4v) is 4.80. The van der Waals surface area contributed by atoms with Crippen LogP contribution in [0.4, 0.5) is 17.1 Å². The number of benzene rings is 2. The van der Waals surface area contributed by atoms with Gasteiger partial charge in [0.05, 0.1) is 22.8 Å². The van der Waals surface area contributed by atoms with Crippen molar-refractivity contribution in [1.82, 2.24) is 4.31 Å². The van der Waals surface area contributed by atoms with Crippen LogP contribution in [0, 0.1) is 6.92 Å². The molecule has 1 amide bonds. The van der Waals surface area contributed by atoms with E-state index in [4.69, 9.17) is 0 Å². The van der Waals surface area contributed by atoms with Crippen molar-refractivity contribution in [3.8, 4) is 0 Å². The first-order valence-corrected chi connectivity index (χ1v) is 12.1. The number of hydrogen-bond acceptors (Lipinski definition) is 5. The van der Waals surface area contributed by atoms with Crippen LogP contribution in [0.25, 0.3) is 0 Å². The molecule has 0 spiro atoms. The summed E-state index contributed by atoms with van der Waals surface area (Å²) in [5, 5.41) is 9.09. The maximum absolute atomic E-state index is 12.8. The Morgan fingerprint density at radius 3 is 2.30 bits per heavy atom. The van der Waals surface area contributed by atoms with Crippen LogP contribution in [0.2, 0.25) is 0 Å². The molecule has 2 rings (SSSR count). The van der Waals surface area contributed by atoms with Gasteiger partial charge in [-0.2, -0.15) is 4.31 Å². The molecule has 0 atom stereocenters. The molecule has 164 valence electrons. The Kier molecular flexibility index (Phi) is 8.69. The number of carbonyl (C=O) groups excluding carboxylic acids is 1. The van der Waals surface area contributed by atoms with E-state index < -0.39 is 10.0 Å². The minimum atomic E-state index is -3.59. The first-order valence-electron chi connectivity index (χ1n) is 9.90. The second-order valence-electron chi connectivity index (χ2n) is 6.69. The van der Waals surface area contributed by atoms with E-state index in [1.54, 1.807) is 32.0 Å². The van der Waals surface area contributed by atoms with Gasteiger partial charge in [0.15, 0.2) is 0 Å². The third-order valence-electron chi connectivity index (χ3n) is 4.60. The fraction of sp³-hybridized carbons (Fsp3) is 0.381. The molecule has 0 radical (unpaired) electrons. The topological polar surface area (TPSA) is 90.5 Å². The minimum Gasteiger partial charge on any atom is -0.384 e. The number of rotatable bonds is 10. The Labute approximate surface area is 187 Å². The highest BCUT2D eigenvalue weighted by molar-refractivity contribution is 9.10. The minimum absolute atomic E-state index is 0.00133. The molecule has 0 aliphatic heterocycles. The quantitative estimate of drug-likeness (QED) is 0.456. The van der Waals surface area contributed by atoms with Crippen LogP contribution in [-0.4, -0.2) is 44.8 Å². The number of aryl methyl sites for hydroxylation is 1. The van der Waals surface area contributed by atoms with Crippen molar-refractivity contribution in [3.63, 3.8) is 0 Å². The molecule has 0 heterocycles. The Bertz CT molecular complexity index is 992. The van der Waals surface area contributed by atoms with Gasteiger partial charge < -0.3 is 16.0 Å². The molecule has 2 aromatic carbocycles. The molecular formula is C21H29BrN4O3S. The Balaban J connectivity index is 2.20. The lowest BCUT2D eigenvalue weighted by molar-refractivity contribution is -0.114. The first kappa shape index (κ1) is 24.2. The SMILES string of the molecule is CCNc1ccc(S(=O)(=O)N(CC)CC)cc1NCC(=O)Nc1ccc(C)c(Br)c1. The number of sulfonamides is 1. The van der Waals surface area contributed by atoms with Crippen molar-refractivity contribution in [2.75, 3.05) is 42.1 Å². The van der Waals surface area contributed by atoms with Crippen LogP contribution in [-0.2, 0) is 14.8 Å². The molecule has 9 heteroatoms. The first-order chi connectivity index (χ1) is 14.2. The van der Waals surface area contributed by atoms with E-state index in [0.29, 0.717) is 31.0 Å². The normalized spacial score (nSPS) is 11.4. The van der Waals surface area contributed by atoms with E-state index in [9.17, 15) is 13.2 Å². The van der Waals surface area contributed by atoms with Gasteiger partial charge in [-0.15, -0.1) is 0 Å². The zero-order valence-electron chi connectivity index (χ0n) is 17.8. The summed E-state index contributed by atoms with van der Waals surface area (Å²) in [6, 6.07) is 10.5. The van der Waals surface area contributed by atoms with Gasteiger partial charge in [0.2, 0.25) is 15.9 Å². The van der Waals surface area contributed by atoms with Crippen LogP contribution in [0.5, 0.6) is 0 Å². The van der Waals surface area contributed by atoms with Crippen molar-refractivity contribution in [1.29, 1.82) is 0 Å². The van der Waals surface area contributed by atoms with Gasteiger partial charge >= 0.3 is 0 Å². The maximum atomic E-state index is 12.8. The fourth-order valence-electron chi connectivity index (χ4n) is 2.94. The van der Waals surface area contributed by atoms with Crippen LogP contribution < -0.4 is 16.0 Å². The Morgan fingerprint density at radius 2 is 1.70 bits per heavy atom. The average molecular weight is 497 g/mol. The molecule has 0 aromatic heterocycles. The molecule has 0 aliphatic rings. The summed E-state index contributed by atoms with van der Waals surface area (Å²) in [5.41, 5.74) is 3.06. The van der Waals surface area contributed by atoms with E-state index in [2.05, 4.69) is 31.9 Å². The second kappa shape index (κ2) is 10.8. The number of carbonyl (C=O) groups is 1. The molecule has 0 unspecified atom stereocenters. The van der Waals surface area contributed by atoms with Gasteiger partial charge in [0, 0.05) is 29.8 Å². The van der Waals surface area contributed by atoms with Crippen molar-refractivity contribution >= 4 is 48.9 Å². The monoisotopic (exact) mass is 496 g/mol.